The van der Waals surface area contributed by atoms with Gasteiger partial charge in [-0.2, -0.15) is 0 Å². The van der Waals surface area contributed by atoms with Crippen LogP contribution < -0.4 is 15.6 Å². The van der Waals surface area contributed by atoms with E-state index in [9.17, 15) is 4.79 Å². The quantitative estimate of drug-likeness (QED) is 0.505. The van der Waals surface area contributed by atoms with E-state index in [1.807, 2.05) is 54.3 Å². The predicted molar refractivity (Wildman–Crippen MR) is 131 cm³/mol. The second-order valence-corrected chi connectivity index (χ2v) is 8.35. The van der Waals surface area contributed by atoms with Crippen LogP contribution in [0.15, 0.2) is 59.4 Å². The Kier molecular flexibility index (Phi) is 7.39. The minimum absolute atomic E-state index is 0.107. The minimum atomic E-state index is -0.107. The van der Waals surface area contributed by atoms with Gasteiger partial charge in [0.05, 0.1) is 19.3 Å². The van der Waals surface area contributed by atoms with Gasteiger partial charge in [0.1, 0.15) is 5.75 Å². The summed E-state index contributed by atoms with van der Waals surface area (Å²) in [5, 5.41) is 4.90. The second-order valence-electron chi connectivity index (χ2n) is 7.97. The van der Waals surface area contributed by atoms with Crippen molar-refractivity contribution in [3.05, 3.63) is 76.1 Å². The topological polar surface area (TPSA) is 66.6 Å². The van der Waals surface area contributed by atoms with Crippen molar-refractivity contribution in [2.24, 2.45) is 0 Å². The highest BCUT2D eigenvalue weighted by Crippen LogP contribution is 2.20. The number of nitrogens with one attached hydrogen (secondary N) is 2. The molecule has 0 radical (unpaired) electrons. The van der Waals surface area contributed by atoms with E-state index in [2.05, 4.69) is 22.4 Å². The number of pyridine rings is 1. The van der Waals surface area contributed by atoms with Crippen LogP contribution in [0.4, 0.5) is 0 Å². The van der Waals surface area contributed by atoms with Crippen LogP contribution in [-0.4, -0.2) is 40.9 Å². The molecule has 0 spiro atoms. The summed E-state index contributed by atoms with van der Waals surface area (Å²) in [4.78, 5) is 17.8. The number of rotatable bonds is 8. The molecule has 1 saturated heterocycles. The summed E-state index contributed by atoms with van der Waals surface area (Å²) in [6.07, 6.45) is 2.18. The third-order valence-electron chi connectivity index (χ3n) is 5.59. The molecule has 1 aromatic heterocycles. The molecule has 4 rings (SSSR count). The Bertz CT molecular complexity index is 1110. The first-order valence-corrected chi connectivity index (χ1v) is 11.5. The van der Waals surface area contributed by atoms with Crippen LogP contribution in [0.3, 0.4) is 0 Å². The molecule has 7 heteroatoms. The molecule has 1 atom stereocenters. The van der Waals surface area contributed by atoms with E-state index in [0.29, 0.717) is 36.9 Å². The molecule has 2 heterocycles. The summed E-state index contributed by atoms with van der Waals surface area (Å²) in [6, 6.07) is 17.8. The first-order valence-electron chi connectivity index (χ1n) is 11.1. The second kappa shape index (κ2) is 10.6. The number of aromatic amines is 1. The Balaban J connectivity index is 1.54. The Hall–Kier alpha value is -2.90. The van der Waals surface area contributed by atoms with Crippen molar-refractivity contribution in [2.75, 3.05) is 19.8 Å². The van der Waals surface area contributed by atoms with Crippen LogP contribution in [0.2, 0.25) is 0 Å². The standard InChI is InChI=1S/C25H29N3O3S/c1-2-30-21-10-11-23-19(14-21)13-20(24(29)27-23)16-28(17-22-9-6-12-31-22)25(32)26-15-18-7-4-3-5-8-18/h3-5,7-8,10-11,13-14,22H,2,6,9,12,15-17H2,1H3,(H,26,32)(H,27,29)/t22-/m0/s1. The van der Waals surface area contributed by atoms with Crippen LogP contribution in [0, 0.1) is 0 Å². The van der Waals surface area contributed by atoms with Gasteiger partial charge in [0.25, 0.3) is 5.56 Å². The van der Waals surface area contributed by atoms with Gasteiger partial charge in [0, 0.05) is 36.2 Å². The maximum absolute atomic E-state index is 12.8. The Morgan fingerprint density at radius 2 is 2.09 bits per heavy atom. The normalized spacial score (nSPS) is 15.6. The molecule has 0 aliphatic carbocycles. The van der Waals surface area contributed by atoms with E-state index in [-0.39, 0.29) is 11.7 Å². The fourth-order valence-corrected chi connectivity index (χ4v) is 4.16. The van der Waals surface area contributed by atoms with Crippen LogP contribution in [0.5, 0.6) is 5.75 Å². The van der Waals surface area contributed by atoms with E-state index in [1.54, 1.807) is 0 Å². The van der Waals surface area contributed by atoms with Crippen molar-refractivity contribution >= 4 is 28.2 Å². The van der Waals surface area contributed by atoms with Gasteiger partial charge in [-0.25, -0.2) is 0 Å². The number of fused-ring (bicyclic) bond motifs is 1. The van der Waals surface area contributed by atoms with Gasteiger partial charge in [-0.1, -0.05) is 30.3 Å². The molecule has 0 amide bonds. The Morgan fingerprint density at radius 1 is 1.25 bits per heavy atom. The molecule has 0 saturated carbocycles. The molecule has 2 N–H and O–H groups in total. The zero-order valence-corrected chi connectivity index (χ0v) is 19.1. The van der Waals surface area contributed by atoms with Gasteiger partial charge < -0.3 is 24.7 Å². The zero-order valence-electron chi connectivity index (χ0n) is 18.3. The highest BCUT2D eigenvalue weighted by Gasteiger charge is 2.22. The number of nitrogens with zero attached hydrogens (tertiary/aromatic N) is 1. The van der Waals surface area contributed by atoms with Crippen LogP contribution in [0.1, 0.15) is 30.9 Å². The molecular weight excluding hydrogens is 422 g/mol. The summed E-state index contributed by atoms with van der Waals surface area (Å²) in [6.45, 7) is 5.02. The molecular formula is C25H29N3O3S. The van der Waals surface area contributed by atoms with Crippen molar-refractivity contribution in [3.8, 4) is 5.75 Å². The molecule has 168 valence electrons. The number of ether oxygens (including phenoxy) is 2. The fourth-order valence-electron chi connectivity index (χ4n) is 3.95. The summed E-state index contributed by atoms with van der Waals surface area (Å²) >= 11 is 5.73. The van der Waals surface area contributed by atoms with Crippen LogP contribution >= 0.6 is 12.2 Å². The fraction of sp³-hybridized carbons (Fsp3) is 0.360. The SMILES string of the molecule is CCOc1ccc2[nH]c(=O)c(CN(C[C@@H]3CCCO3)C(=S)NCc3ccccc3)cc2c1. The van der Waals surface area contributed by atoms with Gasteiger partial charge in [-0.15, -0.1) is 0 Å². The van der Waals surface area contributed by atoms with Gasteiger partial charge in [-0.05, 0) is 61.8 Å². The summed E-state index contributed by atoms with van der Waals surface area (Å²) < 4.78 is 11.5. The molecule has 0 bridgehead atoms. The third kappa shape index (κ3) is 5.66. The lowest BCUT2D eigenvalue weighted by Crippen LogP contribution is -2.43. The van der Waals surface area contributed by atoms with E-state index in [0.717, 1.165) is 41.7 Å². The number of hydrogen-bond donors (Lipinski definition) is 2. The Morgan fingerprint density at radius 3 is 2.84 bits per heavy atom. The smallest absolute Gasteiger partial charge is 0.253 e. The third-order valence-corrected chi connectivity index (χ3v) is 5.99. The van der Waals surface area contributed by atoms with Crippen molar-refractivity contribution < 1.29 is 9.47 Å². The monoisotopic (exact) mass is 451 g/mol. The maximum atomic E-state index is 12.8. The number of H-pyrrole nitrogens is 1. The first kappa shape index (κ1) is 22.3. The maximum Gasteiger partial charge on any atom is 0.253 e. The molecule has 2 aromatic carbocycles. The van der Waals surface area contributed by atoms with E-state index >= 15 is 0 Å². The summed E-state index contributed by atoms with van der Waals surface area (Å²) in [7, 11) is 0. The minimum Gasteiger partial charge on any atom is -0.494 e. The van der Waals surface area contributed by atoms with Crippen molar-refractivity contribution in [3.63, 3.8) is 0 Å². The zero-order chi connectivity index (χ0) is 22.3. The van der Waals surface area contributed by atoms with E-state index in [4.69, 9.17) is 21.7 Å². The molecule has 1 fully saturated rings. The molecule has 3 aromatic rings. The number of benzene rings is 2. The van der Waals surface area contributed by atoms with Gasteiger partial charge in [0.2, 0.25) is 0 Å². The largest absolute Gasteiger partial charge is 0.494 e. The molecule has 0 unspecified atom stereocenters. The van der Waals surface area contributed by atoms with Gasteiger partial charge in [0.15, 0.2) is 5.11 Å². The molecule has 32 heavy (non-hydrogen) atoms. The lowest BCUT2D eigenvalue weighted by atomic mass is 10.1. The highest BCUT2D eigenvalue weighted by atomic mass is 32.1. The molecule has 1 aliphatic heterocycles. The van der Waals surface area contributed by atoms with E-state index < -0.39 is 0 Å². The number of thiocarbonyl (C=S) groups is 1. The summed E-state index contributed by atoms with van der Waals surface area (Å²) in [5.41, 5.74) is 2.49. The van der Waals surface area contributed by atoms with Gasteiger partial charge in [-0.3, -0.25) is 4.79 Å². The average Bonchev–Trinajstić information content (AvgIpc) is 3.32. The molecule has 1 aliphatic rings. The average molecular weight is 452 g/mol. The van der Waals surface area contributed by atoms with Crippen LogP contribution in [-0.2, 0) is 17.8 Å². The van der Waals surface area contributed by atoms with Gasteiger partial charge >= 0.3 is 0 Å². The van der Waals surface area contributed by atoms with Crippen LogP contribution in [0.25, 0.3) is 10.9 Å². The van der Waals surface area contributed by atoms with Crippen molar-refractivity contribution in [2.45, 2.75) is 39.0 Å². The molecule has 6 nitrogen and oxygen atoms in total. The summed E-state index contributed by atoms with van der Waals surface area (Å²) in [5.74, 6) is 0.786. The lowest BCUT2D eigenvalue weighted by Gasteiger charge is -2.28. The Labute approximate surface area is 193 Å². The highest BCUT2D eigenvalue weighted by molar-refractivity contribution is 7.80. The predicted octanol–water partition coefficient (Wildman–Crippen LogP) is 3.98. The first-order chi connectivity index (χ1) is 15.6. The van der Waals surface area contributed by atoms with Crippen molar-refractivity contribution in [1.82, 2.24) is 15.2 Å². The van der Waals surface area contributed by atoms with Crippen molar-refractivity contribution in [1.29, 1.82) is 0 Å². The van der Waals surface area contributed by atoms with E-state index in [1.165, 1.54) is 0 Å². The lowest BCUT2D eigenvalue weighted by molar-refractivity contribution is 0.0896. The number of aromatic nitrogens is 1. The number of hydrogen-bond acceptors (Lipinski definition) is 4.